The molecule has 0 amide bonds. The van der Waals surface area contributed by atoms with E-state index in [4.69, 9.17) is 0 Å². The Kier molecular flexibility index (Phi) is 5.35. The molecule has 0 aliphatic heterocycles. The number of aryl methyl sites for hydroxylation is 1. The van der Waals surface area contributed by atoms with Crippen LogP contribution in [0.5, 0.6) is 0 Å². The van der Waals surface area contributed by atoms with Crippen LogP contribution >= 0.6 is 0 Å². The van der Waals surface area contributed by atoms with Gasteiger partial charge in [-0.15, -0.1) is 0 Å². The van der Waals surface area contributed by atoms with Gasteiger partial charge >= 0.3 is 0 Å². The number of nitrogens with zero attached hydrogens (tertiary/aromatic N) is 1. The van der Waals surface area contributed by atoms with Crippen molar-refractivity contribution in [3.63, 3.8) is 0 Å². The summed E-state index contributed by atoms with van der Waals surface area (Å²) in [5.74, 6) is 0.729. The van der Waals surface area contributed by atoms with Crippen LogP contribution in [0.1, 0.15) is 18.1 Å². The molecule has 0 aromatic heterocycles. The Bertz CT molecular complexity index is 565. The summed E-state index contributed by atoms with van der Waals surface area (Å²) in [6, 6.07) is 5.34. The van der Waals surface area contributed by atoms with Crippen molar-refractivity contribution in [1.82, 2.24) is 10.6 Å². The van der Waals surface area contributed by atoms with Crippen molar-refractivity contribution in [2.45, 2.75) is 25.3 Å². The Balaban J connectivity index is 2.80. The molecule has 0 radical (unpaired) electrons. The lowest BCUT2D eigenvalue weighted by Gasteiger charge is -2.11. The number of hydrogen-bond donors (Lipinski definition) is 2. The number of aliphatic imine (C=N–C) groups is 1. The first-order chi connectivity index (χ1) is 8.88. The molecule has 0 bridgehead atoms. The van der Waals surface area contributed by atoms with Gasteiger partial charge in [-0.25, -0.2) is 8.42 Å². The topological polar surface area (TPSA) is 70.6 Å². The summed E-state index contributed by atoms with van der Waals surface area (Å²) in [7, 11) is -1.44. The molecule has 1 rings (SSSR count). The predicted molar refractivity (Wildman–Crippen MR) is 78.2 cm³/mol. The van der Waals surface area contributed by atoms with Crippen molar-refractivity contribution in [1.29, 1.82) is 0 Å². The molecule has 0 saturated heterocycles. The summed E-state index contributed by atoms with van der Waals surface area (Å²) in [6.45, 7) is 5.20. The van der Waals surface area contributed by atoms with Crippen molar-refractivity contribution in [2.24, 2.45) is 4.99 Å². The van der Waals surface area contributed by atoms with Crippen LogP contribution in [-0.2, 0) is 16.4 Å². The van der Waals surface area contributed by atoms with Gasteiger partial charge in [-0.2, -0.15) is 0 Å². The van der Waals surface area contributed by atoms with Crippen LogP contribution in [0.3, 0.4) is 0 Å². The van der Waals surface area contributed by atoms with Crippen LogP contribution in [0.15, 0.2) is 28.1 Å². The van der Waals surface area contributed by atoms with E-state index in [1.165, 1.54) is 6.26 Å². The molecular formula is C13H21N3O2S. The van der Waals surface area contributed by atoms with Gasteiger partial charge in [0.15, 0.2) is 15.8 Å². The molecule has 1 aromatic rings. The van der Waals surface area contributed by atoms with Gasteiger partial charge in [0.25, 0.3) is 0 Å². The van der Waals surface area contributed by atoms with Gasteiger partial charge in [0, 0.05) is 26.4 Å². The molecule has 106 valence electrons. The van der Waals surface area contributed by atoms with E-state index in [1.807, 2.05) is 19.1 Å². The van der Waals surface area contributed by atoms with Crippen LogP contribution in [-0.4, -0.2) is 34.2 Å². The number of rotatable bonds is 4. The average molecular weight is 283 g/mol. The number of sulfone groups is 1. The Morgan fingerprint density at radius 2 is 2.00 bits per heavy atom. The fourth-order valence-electron chi connectivity index (χ4n) is 1.81. The van der Waals surface area contributed by atoms with Gasteiger partial charge in [-0.3, -0.25) is 4.99 Å². The van der Waals surface area contributed by atoms with E-state index >= 15 is 0 Å². The Morgan fingerprint density at radius 3 is 2.47 bits per heavy atom. The van der Waals surface area contributed by atoms with E-state index in [0.29, 0.717) is 11.4 Å². The van der Waals surface area contributed by atoms with Gasteiger partial charge in [0.1, 0.15) is 0 Å². The first kappa shape index (κ1) is 15.5. The fourth-order valence-corrected chi connectivity index (χ4v) is 2.77. The van der Waals surface area contributed by atoms with Crippen molar-refractivity contribution in [3.05, 3.63) is 29.3 Å². The summed E-state index contributed by atoms with van der Waals surface area (Å²) in [5.41, 5.74) is 1.78. The quantitative estimate of drug-likeness (QED) is 0.641. The van der Waals surface area contributed by atoms with Crippen molar-refractivity contribution in [3.8, 4) is 0 Å². The number of benzene rings is 1. The standard InChI is InChI=1S/C13H21N3O2S/c1-5-15-13(14-3)16-9-11-6-7-12(10(2)8-11)19(4,17)18/h6-8H,5,9H2,1-4H3,(H2,14,15,16). The highest BCUT2D eigenvalue weighted by Crippen LogP contribution is 2.16. The molecule has 0 aliphatic rings. The monoisotopic (exact) mass is 283 g/mol. The van der Waals surface area contributed by atoms with Gasteiger partial charge in [-0.05, 0) is 31.0 Å². The fraction of sp³-hybridized carbons (Fsp3) is 0.462. The summed E-state index contributed by atoms with van der Waals surface area (Å²) in [4.78, 5) is 4.45. The maximum absolute atomic E-state index is 11.5. The Morgan fingerprint density at radius 1 is 1.32 bits per heavy atom. The SMILES string of the molecule is CCNC(=NC)NCc1ccc(S(C)(=O)=O)c(C)c1. The summed E-state index contributed by atoms with van der Waals surface area (Å²) >= 11 is 0. The summed E-state index contributed by atoms with van der Waals surface area (Å²) < 4.78 is 23.0. The average Bonchev–Trinajstić information content (AvgIpc) is 2.33. The first-order valence-corrected chi connectivity index (χ1v) is 8.01. The molecule has 1 aromatic carbocycles. The zero-order valence-electron chi connectivity index (χ0n) is 11.8. The normalized spacial score (nSPS) is 12.3. The van der Waals surface area contributed by atoms with Crippen LogP contribution in [0.2, 0.25) is 0 Å². The minimum atomic E-state index is -3.15. The van der Waals surface area contributed by atoms with E-state index in [-0.39, 0.29) is 0 Å². The summed E-state index contributed by atoms with van der Waals surface area (Å²) in [5, 5.41) is 6.26. The van der Waals surface area contributed by atoms with Crippen molar-refractivity contribution < 1.29 is 8.42 Å². The van der Waals surface area contributed by atoms with E-state index in [0.717, 1.165) is 23.6 Å². The van der Waals surface area contributed by atoms with Crippen LogP contribution in [0.25, 0.3) is 0 Å². The maximum atomic E-state index is 11.5. The van der Waals surface area contributed by atoms with Crippen molar-refractivity contribution in [2.75, 3.05) is 19.8 Å². The highest BCUT2D eigenvalue weighted by Gasteiger charge is 2.10. The third-order valence-electron chi connectivity index (χ3n) is 2.67. The van der Waals surface area contributed by atoms with Crippen LogP contribution in [0.4, 0.5) is 0 Å². The Hall–Kier alpha value is -1.56. The first-order valence-electron chi connectivity index (χ1n) is 6.12. The third kappa shape index (κ3) is 4.55. The van der Waals surface area contributed by atoms with Gasteiger partial charge in [0.2, 0.25) is 0 Å². The van der Waals surface area contributed by atoms with Crippen molar-refractivity contribution >= 4 is 15.8 Å². The number of hydrogen-bond acceptors (Lipinski definition) is 3. The second-order valence-corrected chi connectivity index (χ2v) is 6.31. The number of nitrogens with one attached hydrogen (secondary N) is 2. The molecule has 0 fully saturated rings. The molecular weight excluding hydrogens is 262 g/mol. The van der Waals surface area contributed by atoms with Gasteiger partial charge < -0.3 is 10.6 Å². The molecule has 2 N–H and O–H groups in total. The van der Waals surface area contributed by atoms with E-state index in [9.17, 15) is 8.42 Å². The third-order valence-corrected chi connectivity index (χ3v) is 3.92. The lowest BCUT2D eigenvalue weighted by atomic mass is 10.1. The number of guanidine groups is 1. The van der Waals surface area contributed by atoms with E-state index < -0.39 is 9.84 Å². The molecule has 0 atom stereocenters. The zero-order valence-corrected chi connectivity index (χ0v) is 12.6. The van der Waals surface area contributed by atoms with Gasteiger partial charge in [-0.1, -0.05) is 12.1 Å². The van der Waals surface area contributed by atoms with E-state index in [2.05, 4.69) is 15.6 Å². The molecule has 5 nitrogen and oxygen atoms in total. The molecule has 0 heterocycles. The predicted octanol–water partition coefficient (Wildman–Crippen LogP) is 1.08. The lowest BCUT2D eigenvalue weighted by molar-refractivity contribution is 0.601. The maximum Gasteiger partial charge on any atom is 0.191 e. The van der Waals surface area contributed by atoms with Crippen LogP contribution in [0, 0.1) is 6.92 Å². The van der Waals surface area contributed by atoms with Crippen LogP contribution < -0.4 is 10.6 Å². The molecule has 6 heteroatoms. The minimum Gasteiger partial charge on any atom is -0.357 e. The smallest absolute Gasteiger partial charge is 0.191 e. The molecule has 19 heavy (non-hydrogen) atoms. The lowest BCUT2D eigenvalue weighted by Crippen LogP contribution is -2.36. The molecule has 0 unspecified atom stereocenters. The highest BCUT2D eigenvalue weighted by molar-refractivity contribution is 7.90. The second kappa shape index (κ2) is 6.56. The van der Waals surface area contributed by atoms with E-state index in [1.54, 1.807) is 20.0 Å². The molecule has 0 spiro atoms. The molecule has 0 saturated carbocycles. The minimum absolute atomic E-state index is 0.382. The zero-order chi connectivity index (χ0) is 14.5. The largest absolute Gasteiger partial charge is 0.357 e. The second-order valence-electron chi connectivity index (χ2n) is 4.33. The Labute approximate surface area is 115 Å². The van der Waals surface area contributed by atoms with Gasteiger partial charge in [0.05, 0.1) is 4.90 Å². The highest BCUT2D eigenvalue weighted by atomic mass is 32.2. The summed E-state index contributed by atoms with van der Waals surface area (Å²) in [6.07, 6.45) is 1.22. The molecule has 0 aliphatic carbocycles.